The Balaban J connectivity index is 3.90. The summed E-state index contributed by atoms with van der Waals surface area (Å²) in [4.78, 5) is 31.5. The van der Waals surface area contributed by atoms with Crippen molar-refractivity contribution in [2.24, 2.45) is 5.41 Å². The Labute approximate surface area is 99.7 Å². The molecule has 0 saturated carbocycles. The highest BCUT2D eigenvalue weighted by atomic mass is 32.2. The van der Waals surface area contributed by atoms with Crippen LogP contribution in [0.25, 0.3) is 0 Å². The number of hydrogen-bond donors (Lipinski definition) is 0. The third-order valence-electron chi connectivity index (χ3n) is 1.64. The second-order valence-electron chi connectivity index (χ2n) is 3.63. The predicted molar refractivity (Wildman–Crippen MR) is 61.0 cm³/mol. The number of ether oxygens (including phenoxy) is 1. The second-order valence-corrected chi connectivity index (χ2v) is 4.83. The first-order valence-electron chi connectivity index (χ1n) is 5.07. The third kappa shape index (κ3) is 5.97. The molecular weight excluding hydrogens is 232 g/mol. The van der Waals surface area contributed by atoms with Gasteiger partial charge in [-0.25, -0.2) is 4.79 Å². The van der Waals surface area contributed by atoms with Crippen molar-refractivity contribution in [3.63, 3.8) is 0 Å². The normalized spacial score (nSPS) is 11.0. The van der Waals surface area contributed by atoms with Crippen LogP contribution in [0.4, 0.5) is 4.79 Å². The minimum absolute atomic E-state index is 0.0259. The molecule has 0 amide bonds. The molecule has 94 valence electrons. The topological polar surface area (TPSA) is 61.8 Å². The zero-order valence-electron chi connectivity index (χ0n) is 10.1. The quantitative estimate of drug-likeness (QED) is 0.410. The summed E-state index contributed by atoms with van der Waals surface area (Å²) in [5.74, 6) is 0.234. The van der Waals surface area contributed by atoms with E-state index in [1.807, 2.05) is 6.92 Å². The van der Waals surface area contributed by atoms with Crippen molar-refractivity contribution >= 4 is 23.0 Å². The Kier molecular flexibility index (Phi) is 7.16. The van der Waals surface area contributed by atoms with Gasteiger partial charge in [-0.1, -0.05) is 6.92 Å². The van der Waals surface area contributed by atoms with E-state index in [-0.39, 0.29) is 12.6 Å². The predicted octanol–water partition coefficient (Wildman–Crippen LogP) is 2.40. The number of carbonyl (C=O) groups excluding carboxylic acids is 2. The minimum atomic E-state index is -0.826. The van der Waals surface area contributed by atoms with E-state index >= 15 is 0 Å². The van der Waals surface area contributed by atoms with Gasteiger partial charge in [-0.15, -0.1) is 0 Å². The molecule has 0 aliphatic heterocycles. The van der Waals surface area contributed by atoms with E-state index in [9.17, 15) is 9.59 Å². The molecule has 0 aliphatic rings. The Morgan fingerprint density at radius 1 is 1.25 bits per heavy atom. The summed E-state index contributed by atoms with van der Waals surface area (Å²) in [5, 5.41) is -0.512. The van der Waals surface area contributed by atoms with Gasteiger partial charge in [0.05, 0.1) is 12.0 Å². The molecule has 0 aromatic carbocycles. The molecule has 0 aromatic heterocycles. The second kappa shape index (κ2) is 7.51. The number of thioether (sulfide) groups is 1. The summed E-state index contributed by atoms with van der Waals surface area (Å²) in [7, 11) is 0. The standard InChI is InChI=1S/C10H18O5S/c1-5-13-8(11)10(3,4)7-14-15-9(12)16-6-2/h5-7H2,1-4H3. The molecule has 16 heavy (non-hydrogen) atoms. The van der Waals surface area contributed by atoms with E-state index < -0.39 is 10.7 Å². The molecule has 0 unspecified atom stereocenters. The summed E-state index contributed by atoms with van der Waals surface area (Å²) in [6, 6.07) is 0. The first-order chi connectivity index (χ1) is 7.44. The van der Waals surface area contributed by atoms with Crippen LogP contribution >= 0.6 is 11.8 Å². The summed E-state index contributed by atoms with van der Waals surface area (Å²) < 4.78 is 4.85. The molecule has 6 heteroatoms. The first-order valence-corrected chi connectivity index (χ1v) is 6.06. The van der Waals surface area contributed by atoms with Crippen LogP contribution in [-0.4, -0.2) is 30.2 Å². The Morgan fingerprint density at radius 2 is 1.88 bits per heavy atom. The molecule has 0 rings (SSSR count). The Bertz CT molecular complexity index is 239. The molecule has 0 radical (unpaired) electrons. The summed E-state index contributed by atoms with van der Waals surface area (Å²) in [6.07, 6.45) is 0. The summed E-state index contributed by atoms with van der Waals surface area (Å²) >= 11 is 0.998. The highest BCUT2D eigenvalue weighted by molar-refractivity contribution is 8.13. The molecular formula is C10H18O5S. The van der Waals surface area contributed by atoms with E-state index in [1.165, 1.54) is 0 Å². The molecule has 0 spiro atoms. The monoisotopic (exact) mass is 250 g/mol. The van der Waals surface area contributed by atoms with Crippen molar-refractivity contribution in [2.75, 3.05) is 19.0 Å². The van der Waals surface area contributed by atoms with Crippen molar-refractivity contribution in [1.82, 2.24) is 0 Å². The fourth-order valence-corrected chi connectivity index (χ4v) is 1.08. The van der Waals surface area contributed by atoms with Gasteiger partial charge in [0.1, 0.15) is 6.61 Å². The lowest BCUT2D eigenvalue weighted by Gasteiger charge is -2.20. The van der Waals surface area contributed by atoms with Gasteiger partial charge in [0.2, 0.25) is 0 Å². The number of hydrogen-bond acceptors (Lipinski definition) is 6. The van der Waals surface area contributed by atoms with Gasteiger partial charge in [-0.3, -0.25) is 9.68 Å². The van der Waals surface area contributed by atoms with Crippen LogP contribution in [0.3, 0.4) is 0 Å². The van der Waals surface area contributed by atoms with E-state index in [0.717, 1.165) is 11.8 Å². The van der Waals surface area contributed by atoms with Gasteiger partial charge in [-0.05, 0) is 32.5 Å². The average Bonchev–Trinajstić information content (AvgIpc) is 2.18. The lowest BCUT2D eigenvalue weighted by atomic mass is 9.95. The summed E-state index contributed by atoms with van der Waals surface area (Å²) in [6.45, 7) is 7.16. The van der Waals surface area contributed by atoms with Crippen LogP contribution in [0.15, 0.2) is 0 Å². The maximum Gasteiger partial charge on any atom is 0.400 e. The van der Waals surface area contributed by atoms with Gasteiger partial charge in [-0.2, -0.15) is 4.89 Å². The van der Waals surface area contributed by atoms with Crippen molar-refractivity contribution in [1.29, 1.82) is 0 Å². The van der Waals surface area contributed by atoms with Crippen molar-refractivity contribution in [3.05, 3.63) is 0 Å². The van der Waals surface area contributed by atoms with Gasteiger partial charge >= 0.3 is 11.3 Å². The highest BCUT2D eigenvalue weighted by Crippen LogP contribution is 2.18. The van der Waals surface area contributed by atoms with Crippen LogP contribution in [0.1, 0.15) is 27.7 Å². The lowest BCUT2D eigenvalue weighted by Crippen LogP contribution is -2.31. The molecule has 5 nitrogen and oxygen atoms in total. The van der Waals surface area contributed by atoms with Crippen LogP contribution in [0.2, 0.25) is 0 Å². The van der Waals surface area contributed by atoms with E-state index in [1.54, 1.807) is 20.8 Å². The lowest BCUT2D eigenvalue weighted by molar-refractivity contribution is -0.249. The van der Waals surface area contributed by atoms with Gasteiger partial charge in [0.25, 0.3) is 0 Å². The molecule has 0 aromatic rings. The first kappa shape index (κ1) is 15.2. The zero-order chi connectivity index (χ0) is 12.6. The maximum atomic E-state index is 11.4. The third-order valence-corrected chi connectivity index (χ3v) is 2.23. The molecule has 0 atom stereocenters. The van der Waals surface area contributed by atoms with Crippen molar-refractivity contribution in [3.8, 4) is 0 Å². The van der Waals surface area contributed by atoms with E-state index in [4.69, 9.17) is 9.62 Å². The zero-order valence-corrected chi connectivity index (χ0v) is 10.9. The maximum absolute atomic E-state index is 11.4. The van der Waals surface area contributed by atoms with E-state index in [0.29, 0.717) is 12.4 Å². The molecule has 0 heterocycles. The fraction of sp³-hybridized carbons (Fsp3) is 0.800. The molecule has 0 aliphatic carbocycles. The van der Waals surface area contributed by atoms with Gasteiger partial charge < -0.3 is 4.74 Å². The fourth-order valence-electron chi connectivity index (χ4n) is 0.752. The molecule has 0 bridgehead atoms. The largest absolute Gasteiger partial charge is 0.466 e. The molecule has 0 fully saturated rings. The van der Waals surface area contributed by atoms with Crippen LogP contribution in [0, 0.1) is 5.41 Å². The average molecular weight is 250 g/mol. The van der Waals surface area contributed by atoms with Crippen molar-refractivity contribution < 1.29 is 24.1 Å². The number of rotatable bonds is 6. The number of carbonyl (C=O) groups is 2. The van der Waals surface area contributed by atoms with Crippen molar-refractivity contribution in [2.45, 2.75) is 27.7 Å². The summed E-state index contributed by atoms with van der Waals surface area (Å²) in [5.41, 5.74) is -0.826. The van der Waals surface area contributed by atoms with Crippen LogP contribution in [-0.2, 0) is 19.3 Å². The van der Waals surface area contributed by atoms with Gasteiger partial charge in [0, 0.05) is 5.75 Å². The highest BCUT2D eigenvalue weighted by Gasteiger charge is 2.30. The molecule has 0 N–H and O–H groups in total. The van der Waals surface area contributed by atoms with Gasteiger partial charge in [0.15, 0.2) is 0 Å². The van der Waals surface area contributed by atoms with E-state index in [2.05, 4.69) is 4.89 Å². The van der Waals surface area contributed by atoms with Crippen LogP contribution < -0.4 is 0 Å². The number of esters is 1. The van der Waals surface area contributed by atoms with Crippen LogP contribution in [0.5, 0.6) is 0 Å². The Morgan fingerprint density at radius 3 is 2.38 bits per heavy atom. The Hall–Kier alpha value is -0.750. The minimum Gasteiger partial charge on any atom is -0.466 e. The molecule has 0 saturated heterocycles. The SMILES string of the molecule is CCOC(=O)C(C)(C)COOC(=O)SCC. The smallest absolute Gasteiger partial charge is 0.400 e.